The lowest BCUT2D eigenvalue weighted by Gasteiger charge is -2.05. The number of nitrogens with two attached hydrogens (primary N) is 1. The second kappa shape index (κ2) is 6.67. The molecule has 0 unspecified atom stereocenters. The Morgan fingerprint density at radius 2 is 2.24 bits per heavy atom. The first kappa shape index (κ1) is 14.7. The van der Waals surface area contributed by atoms with E-state index in [4.69, 9.17) is 11.0 Å². The number of nitrogens with one attached hydrogen (secondary N) is 1. The van der Waals surface area contributed by atoms with Crippen LogP contribution in [0.5, 0.6) is 0 Å². The Bertz CT molecular complexity index is 780. The largest absolute Gasteiger partial charge is 0.321 e. The molecule has 0 saturated heterocycles. The second-order valence-electron chi connectivity index (χ2n) is 3.96. The van der Waals surface area contributed by atoms with Crippen LogP contribution in [-0.2, 0) is 0 Å². The molecule has 0 aliphatic rings. The first-order valence-electron chi connectivity index (χ1n) is 5.92. The lowest BCUT2D eigenvalue weighted by atomic mass is 10.2. The summed E-state index contributed by atoms with van der Waals surface area (Å²) in [4.78, 5) is 12.8. The van der Waals surface area contributed by atoms with Gasteiger partial charge in [0, 0.05) is 5.38 Å². The summed E-state index contributed by atoms with van der Waals surface area (Å²) < 4.78 is 13.0. The number of nitrogens with zero attached hydrogens (tertiary/aromatic N) is 1. The molecule has 21 heavy (non-hydrogen) atoms. The topological polar surface area (TPSA) is 78.9 Å². The average Bonchev–Trinajstić information content (AvgIpc) is 2.95. The zero-order valence-corrected chi connectivity index (χ0v) is 11.6. The van der Waals surface area contributed by atoms with Crippen molar-refractivity contribution in [3.05, 3.63) is 51.5 Å². The van der Waals surface area contributed by atoms with E-state index in [1.54, 1.807) is 11.4 Å². The van der Waals surface area contributed by atoms with Gasteiger partial charge in [-0.15, -0.1) is 11.3 Å². The van der Waals surface area contributed by atoms with Crippen molar-refractivity contribution in [1.29, 1.82) is 5.26 Å². The van der Waals surface area contributed by atoms with Crippen LogP contribution < -0.4 is 11.1 Å². The second-order valence-corrected chi connectivity index (χ2v) is 4.87. The summed E-state index contributed by atoms with van der Waals surface area (Å²) in [7, 11) is 0. The van der Waals surface area contributed by atoms with Gasteiger partial charge in [-0.3, -0.25) is 4.79 Å². The number of rotatable bonds is 2. The van der Waals surface area contributed by atoms with Gasteiger partial charge in [-0.05, 0) is 24.3 Å². The molecule has 1 heterocycles. The number of amides is 1. The van der Waals surface area contributed by atoms with Crippen LogP contribution in [0.2, 0.25) is 0 Å². The fraction of sp³-hybridized carbons (Fsp3) is 0.0667. The normalized spacial score (nSPS) is 9.38. The maximum absolute atomic E-state index is 13.0. The molecule has 4 nitrogen and oxygen atoms in total. The van der Waals surface area contributed by atoms with E-state index in [0.717, 1.165) is 10.9 Å². The van der Waals surface area contributed by atoms with E-state index < -0.39 is 5.82 Å². The summed E-state index contributed by atoms with van der Waals surface area (Å²) in [5.74, 6) is 4.63. The predicted octanol–water partition coefficient (Wildman–Crippen LogP) is 2.32. The third kappa shape index (κ3) is 3.67. The quantitative estimate of drug-likeness (QED) is 0.835. The third-order valence-electron chi connectivity index (χ3n) is 2.53. The van der Waals surface area contributed by atoms with Gasteiger partial charge in [-0.2, -0.15) is 5.26 Å². The first-order chi connectivity index (χ1) is 10.1. The molecule has 1 amide bonds. The molecule has 0 fully saturated rings. The molecule has 0 bridgehead atoms. The number of anilines is 1. The average molecular weight is 299 g/mol. The Balaban J connectivity index is 2.19. The van der Waals surface area contributed by atoms with E-state index >= 15 is 0 Å². The van der Waals surface area contributed by atoms with Gasteiger partial charge in [0.1, 0.15) is 11.9 Å². The summed E-state index contributed by atoms with van der Waals surface area (Å²) in [6.45, 7) is 0.251. The Hall–Kier alpha value is -2.67. The summed E-state index contributed by atoms with van der Waals surface area (Å²) >= 11 is 1.33. The molecule has 2 aromatic rings. The van der Waals surface area contributed by atoms with E-state index in [9.17, 15) is 9.18 Å². The van der Waals surface area contributed by atoms with E-state index in [1.807, 2.05) is 6.07 Å². The van der Waals surface area contributed by atoms with Crippen molar-refractivity contribution in [2.45, 2.75) is 0 Å². The Morgan fingerprint density at radius 3 is 2.95 bits per heavy atom. The number of halogens is 1. The van der Waals surface area contributed by atoms with Crippen LogP contribution in [0.4, 0.5) is 10.1 Å². The van der Waals surface area contributed by atoms with E-state index in [0.29, 0.717) is 5.56 Å². The number of benzene rings is 1. The van der Waals surface area contributed by atoms with Crippen molar-refractivity contribution in [2.24, 2.45) is 5.73 Å². The minimum atomic E-state index is -0.528. The van der Waals surface area contributed by atoms with Crippen LogP contribution in [0.3, 0.4) is 0 Å². The van der Waals surface area contributed by atoms with E-state index in [1.165, 1.54) is 23.5 Å². The number of hydrogen-bond donors (Lipinski definition) is 2. The maximum atomic E-state index is 13.0. The van der Waals surface area contributed by atoms with Gasteiger partial charge >= 0.3 is 0 Å². The van der Waals surface area contributed by atoms with Gasteiger partial charge in [0.2, 0.25) is 0 Å². The van der Waals surface area contributed by atoms with Crippen LogP contribution in [0.25, 0.3) is 0 Å². The van der Waals surface area contributed by atoms with Crippen molar-refractivity contribution >= 4 is 22.9 Å². The number of carbonyl (C=O) groups excluding carboxylic acids is 1. The van der Waals surface area contributed by atoms with Crippen LogP contribution in [-0.4, -0.2) is 12.5 Å². The molecule has 0 saturated carbocycles. The summed E-state index contributed by atoms with van der Waals surface area (Å²) in [6.07, 6.45) is 0. The molecule has 0 spiro atoms. The van der Waals surface area contributed by atoms with Crippen molar-refractivity contribution in [2.75, 3.05) is 11.9 Å². The van der Waals surface area contributed by atoms with Crippen molar-refractivity contribution < 1.29 is 9.18 Å². The highest BCUT2D eigenvalue weighted by atomic mass is 32.1. The predicted molar refractivity (Wildman–Crippen MR) is 79.3 cm³/mol. The Kier molecular flexibility index (Phi) is 4.68. The van der Waals surface area contributed by atoms with E-state index in [2.05, 4.69) is 17.2 Å². The zero-order valence-electron chi connectivity index (χ0n) is 10.8. The number of carbonyl (C=O) groups is 1. The Labute approximate surface area is 125 Å². The number of hydrogen-bond acceptors (Lipinski definition) is 4. The van der Waals surface area contributed by atoms with Gasteiger partial charge in [-0.1, -0.05) is 11.8 Å². The molecule has 104 valence electrons. The molecule has 0 atom stereocenters. The molecular weight excluding hydrogens is 289 g/mol. The highest BCUT2D eigenvalue weighted by Gasteiger charge is 2.11. The molecule has 0 radical (unpaired) electrons. The van der Waals surface area contributed by atoms with Crippen molar-refractivity contribution in [1.82, 2.24) is 0 Å². The highest BCUT2D eigenvalue weighted by molar-refractivity contribution is 7.10. The molecule has 6 heteroatoms. The molecule has 0 aliphatic heterocycles. The fourth-order valence-electron chi connectivity index (χ4n) is 1.57. The number of nitriles is 1. The summed E-state index contributed by atoms with van der Waals surface area (Å²) in [5.41, 5.74) is 6.04. The van der Waals surface area contributed by atoms with Gasteiger partial charge in [-0.25, -0.2) is 4.39 Å². The fourth-order valence-corrected chi connectivity index (χ4v) is 2.33. The van der Waals surface area contributed by atoms with Crippen LogP contribution in [0, 0.1) is 29.0 Å². The lowest BCUT2D eigenvalue weighted by Crippen LogP contribution is -2.12. The van der Waals surface area contributed by atoms with Crippen LogP contribution >= 0.6 is 11.3 Å². The SMILES string of the molecule is N#Cc1cc(F)ccc1NC(=O)c1csc(C#CCN)c1. The molecule has 3 N–H and O–H groups in total. The maximum Gasteiger partial charge on any atom is 0.256 e. The monoisotopic (exact) mass is 299 g/mol. The van der Waals surface area contributed by atoms with Gasteiger partial charge in [0.05, 0.1) is 28.2 Å². The van der Waals surface area contributed by atoms with Crippen LogP contribution in [0.1, 0.15) is 20.8 Å². The number of thiophene rings is 1. The summed E-state index contributed by atoms with van der Waals surface area (Å²) in [5, 5.41) is 13.2. The molecule has 0 aliphatic carbocycles. The first-order valence-corrected chi connectivity index (χ1v) is 6.80. The highest BCUT2D eigenvalue weighted by Crippen LogP contribution is 2.19. The van der Waals surface area contributed by atoms with Crippen molar-refractivity contribution in [3.8, 4) is 17.9 Å². The van der Waals surface area contributed by atoms with Gasteiger partial charge in [0.15, 0.2) is 0 Å². The molecule has 1 aromatic carbocycles. The van der Waals surface area contributed by atoms with Crippen molar-refractivity contribution in [3.63, 3.8) is 0 Å². The van der Waals surface area contributed by atoms with Crippen LogP contribution in [0.15, 0.2) is 29.6 Å². The van der Waals surface area contributed by atoms with E-state index in [-0.39, 0.29) is 23.7 Å². The minimum Gasteiger partial charge on any atom is -0.321 e. The van der Waals surface area contributed by atoms with Gasteiger partial charge in [0.25, 0.3) is 5.91 Å². The smallest absolute Gasteiger partial charge is 0.256 e. The standard InChI is InChI=1S/C15H10FN3OS/c16-12-3-4-14(10(6-12)8-18)19-15(20)11-7-13(21-9-11)2-1-5-17/h3-4,6-7,9H,5,17H2,(H,19,20). The third-order valence-corrected chi connectivity index (χ3v) is 3.37. The Morgan fingerprint density at radius 1 is 1.43 bits per heavy atom. The lowest BCUT2D eigenvalue weighted by molar-refractivity contribution is 0.102. The minimum absolute atomic E-state index is 0.0710. The molecule has 2 rings (SSSR count). The molecular formula is C15H10FN3OS. The van der Waals surface area contributed by atoms with Gasteiger partial charge < -0.3 is 11.1 Å². The zero-order chi connectivity index (χ0) is 15.2. The summed E-state index contributed by atoms with van der Waals surface area (Å²) in [6, 6.07) is 7.08. The molecule has 1 aromatic heterocycles.